The molecule has 5 nitrogen and oxygen atoms in total. The van der Waals surface area contributed by atoms with Crippen molar-refractivity contribution in [1.29, 1.82) is 0 Å². The molecule has 0 unspecified atom stereocenters. The van der Waals surface area contributed by atoms with Gasteiger partial charge in [-0.15, -0.1) is 0 Å². The largest absolute Gasteiger partial charge is 0.354 e. The molecule has 1 atom stereocenters. The van der Waals surface area contributed by atoms with Gasteiger partial charge < -0.3 is 10.6 Å². The molecule has 156 valence electrons. The molecular weight excluding hydrogens is 383 g/mol. The summed E-state index contributed by atoms with van der Waals surface area (Å²) in [6.07, 6.45) is 0.863. The quantitative estimate of drug-likeness (QED) is 0.627. The molecule has 8 heteroatoms. The van der Waals surface area contributed by atoms with Gasteiger partial charge in [-0.3, -0.25) is 14.5 Å². The molecule has 2 amide bonds. The molecule has 0 heterocycles. The zero-order chi connectivity index (χ0) is 21.4. The van der Waals surface area contributed by atoms with Gasteiger partial charge in [-0.1, -0.05) is 37.3 Å². The highest BCUT2D eigenvalue weighted by Gasteiger charge is 2.17. The first-order valence-corrected chi connectivity index (χ1v) is 9.25. The highest BCUT2D eigenvalue weighted by Crippen LogP contribution is 2.19. The maximum atomic E-state index is 13.6. The van der Waals surface area contributed by atoms with Crippen LogP contribution in [0.25, 0.3) is 0 Å². The van der Waals surface area contributed by atoms with Crippen LogP contribution in [0.3, 0.4) is 0 Å². The molecule has 0 spiro atoms. The molecule has 2 N–H and O–H groups in total. The van der Waals surface area contributed by atoms with Crippen molar-refractivity contribution in [3.05, 3.63) is 65.5 Å². The summed E-state index contributed by atoms with van der Waals surface area (Å²) < 4.78 is 39.8. The summed E-state index contributed by atoms with van der Waals surface area (Å²) in [7, 11) is 1.55. The number of likely N-dealkylation sites (N-methyl/N-ethyl adjacent to an activating group) is 1. The number of nitrogens with one attached hydrogen (secondary N) is 2. The minimum atomic E-state index is -1.65. The average molecular weight is 407 g/mol. The number of hydrogen-bond acceptors (Lipinski definition) is 3. The zero-order valence-electron chi connectivity index (χ0n) is 16.3. The second kappa shape index (κ2) is 10.6. The molecule has 0 saturated heterocycles. The predicted octanol–water partition coefficient (Wildman–Crippen LogP) is 3.28. The van der Waals surface area contributed by atoms with Crippen LogP contribution in [-0.4, -0.2) is 43.4 Å². The van der Waals surface area contributed by atoms with Gasteiger partial charge in [-0.25, -0.2) is 13.2 Å². The number of halogens is 3. The van der Waals surface area contributed by atoms with E-state index in [1.54, 1.807) is 7.05 Å². The molecule has 0 bridgehead atoms. The molecule has 0 fully saturated rings. The third kappa shape index (κ3) is 6.60. The predicted molar refractivity (Wildman–Crippen MR) is 105 cm³/mol. The smallest absolute Gasteiger partial charge is 0.238 e. The van der Waals surface area contributed by atoms with Gasteiger partial charge >= 0.3 is 0 Å². The van der Waals surface area contributed by atoms with E-state index in [4.69, 9.17) is 0 Å². The van der Waals surface area contributed by atoms with Crippen molar-refractivity contribution in [2.45, 2.75) is 19.3 Å². The van der Waals surface area contributed by atoms with E-state index < -0.39 is 29.0 Å². The third-order valence-electron chi connectivity index (χ3n) is 4.45. The highest BCUT2D eigenvalue weighted by atomic mass is 19.2. The normalized spacial score (nSPS) is 11.9. The Hall–Kier alpha value is -2.87. The van der Waals surface area contributed by atoms with Gasteiger partial charge in [0.2, 0.25) is 11.8 Å². The van der Waals surface area contributed by atoms with E-state index in [2.05, 4.69) is 10.6 Å². The van der Waals surface area contributed by atoms with Crippen molar-refractivity contribution in [3.63, 3.8) is 0 Å². The number of carbonyl (C=O) groups is 2. The summed E-state index contributed by atoms with van der Waals surface area (Å²) in [5.74, 6) is -5.18. The Morgan fingerprint density at radius 3 is 2.28 bits per heavy atom. The lowest BCUT2D eigenvalue weighted by Crippen LogP contribution is -2.40. The van der Waals surface area contributed by atoms with E-state index in [0.717, 1.165) is 24.1 Å². The van der Waals surface area contributed by atoms with Gasteiger partial charge in [0.15, 0.2) is 17.5 Å². The molecular formula is C21H24F3N3O2. The fraction of sp³-hybridized carbons (Fsp3) is 0.333. The molecule has 0 saturated carbocycles. The average Bonchev–Trinajstić information content (AvgIpc) is 2.69. The van der Waals surface area contributed by atoms with Crippen molar-refractivity contribution in [2.24, 2.45) is 0 Å². The number of carbonyl (C=O) groups excluding carboxylic acids is 2. The van der Waals surface area contributed by atoms with Crippen LogP contribution >= 0.6 is 0 Å². The Labute approximate surface area is 167 Å². The molecule has 2 aromatic carbocycles. The molecule has 29 heavy (non-hydrogen) atoms. The summed E-state index contributed by atoms with van der Waals surface area (Å²) in [6, 6.07) is 11.5. The first kappa shape index (κ1) is 22.4. The van der Waals surface area contributed by atoms with E-state index in [1.807, 2.05) is 37.3 Å². The first-order chi connectivity index (χ1) is 13.8. The van der Waals surface area contributed by atoms with Crippen LogP contribution in [0.5, 0.6) is 0 Å². The Kier molecular flexibility index (Phi) is 8.21. The fourth-order valence-electron chi connectivity index (χ4n) is 2.87. The molecule has 0 aliphatic carbocycles. The molecule has 0 aliphatic rings. The topological polar surface area (TPSA) is 61.4 Å². The van der Waals surface area contributed by atoms with E-state index in [9.17, 15) is 22.8 Å². The van der Waals surface area contributed by atoms with Crippen LogP contribution < -0.4 is 10.6 Å². The van der Waals surface area contributed by atoms with Crippen LogP contribution in [0.1, 0.15) is 24.8 Å². The number of hydrogen-bond donors (Lipinski definition) is 2. The van der Waals surface area contributed by atoms with Gasteiger partial charge in [0.1, 0.15) is 0 Å². The third-order valence-corrected chi connectivity index (χ3v) is 4.45. The van der Waals surface area contributed by atoms with Gasteiger partial charge in [-0.2, -0.15) is 0 Å². The molecule has 2 rings (SSSR count). The Balaban J connectivity index is 1.80. The number of anilines is 1. The van der Waals surface area contributed by atoms with Crippen LogP contribution in [0, 0.1) is 17.5 Å². The number of benzene rings is 2. The lowest BCUT2D eigenvalue weighted by molar-refractivity contribution is -0.123. The van der Waals surface area contributed by atoms with Crippen LogP contribution in [0.4, 0.5) is 18.9 Å². The van der Waals surface area contributed by atoms with Crippen LogP contribution in [0.2, 0.25) is 0 Å². The monoisotopic (exact) mass is 407 g/mol. The highest BCUT2D eigenvalue weighted by molar-refractivity contribution is 5.92. The second-order valence-electron chi connectivity index (χ2n) is 6.76. The summed E-state index contributed by atoms with van der Waals surface area (Å²) in [4.78, 5) is 25.6. The van der Waals surface area contributed by atoms with Crippen molar-refractivity contribution < 1.29 is 22.8 Å². The Bertz CT molecular complexity index is 847. The maximum absolute atomic E-state index is 13.6. The first-order valence-electron chi connectivity index (χ1n) is 9.25. The van der Waals surface area contributed by atoms with E-state index >= 15 is 0 Å². The van der Waals surface area contributed by atoms with Crippen LogP contribution in [0.15, 0.2) is 42.5 Å². The molecule has 0 aromatic heterocycles. The lowest BCUT2D eigenvalue weighted by atomic mass is 9.96. The van der Waals surface area contributed by atoms with E-state index in [1.165, 1.54) is 4.90 Å². The summed E-state index contributed by atoms with van der Waals surface area (Å²) in [6.45, 7) is 2.25. The Morgan fingerprint density at radius 1 is 0.966 bits per heavy atom. The molecule has 2 aromatic rings. The van der Waals surface area contributed by atoms with Gasteiger partial charge in [-0.05, 0) is 31.2 Å². The number of amides is 2. The van der Waals surface area contributed by atoms with Crippen molar-refractivity contribution in [3.8, 4) is 0 Å². The summed E-state index contributed by atoms with van der Waals surface area (Å²) in [5, 5.41) is 5.01. The van der Waals surface area contributed by atoms with E-state index in [-0.39, 0.29) is 24.9 Å². The van der Waals surface area contributed by atoms with Gasteiger partial charge in [0.05, 0.1) is 18.8 Å². The lowest BCUT2D eigenvalue weighted by Gasteiger charge is -2.19. The van der Waals surface area contributed by atoms with Crippen molar-refractivity contribution >= 4 is 17.5 Å². The maximum Gasteiger partial charge on any atom is 0.238 e. The molecule has 0 radical (unpaired) electrons. The minimum absolute atomic E-state index is 0.0428. The van der Waals surface area contributed by atoms with Crippen molar-refractivity contribution in [1.82, 2.24) is 10.2 Å². The standard InChI is InChI=1S/C21H24F3N3O2/c1-3-14(15-7-5-4-6-8-15)11-25-18(28)12-27(2)13-19(29)26-17-10-9-16(22)20(23)21(17)24/h4-10,14H,3,11-13H2,1-2H3,(H,25,28)(H,26,29)/t14-/m1/s1. The van der Waals surface area contributed by atoms with E-state index in [0.29, 0.717) is 6.54 Å². The van der Waals surface area contributed by atoms with Crippen LogP contribution in [-0.2, 0) is 9.59 Å². The minimum Gasteiger partial charge on any atom is -0.354 e. The van der Waals surface area contributed by atoms with Crippen molar-refractivity contribution in [2.75, 3.05) is 32.0 Å². The Morgan fingerprint density at radius 2 is 1.62 bits per heavy atom. The molecule has 0 aliphatic heterocycles. The summed E-state index contributed by atoms with van der Waals surface area (Å²) >= 11 is 0. The number of nitrogens with zero attached hydrogens (tertiary/aromatic N) is 1. The van der Waals surface area contributed by atoms with Gasteiger partial charge in [0.25, 0.3) is 0 Å². The number of rotatable bonds is 9. The summed E-state index contributed by atoms with van der Waals surface area (Å²) in [5.41, 5.74) is 0.678. The second-order valence-corrected chi connectivity index (χ2v) is 6.76. The zero-order valence-corrected chi connectivity index (χ0v) is 16.3. The van der Waals surface area contributed by atoms with Gasteiger partial charge in [0, 0.05) is 12.5 Å². The SMILES string of the molecule is CC[C@H](CNC(=O)CN(C)CC(=O)Nc1ccc(F)c(F)c1F)c1ccccc1. The fourth-order valence-corrected chi connectivity index (χ4v) is 2.87.